The average Bonchev–Trinajstić information content (AvgIpc) is 2.97. The normalized spacial score (nSPS) is 11.5. The van der Waals surface area contributed by atoms with E-state index in [0.29, 0.717) is 11.6 Å². The second-order valence-electron chi connectivity index (χ2n) is 4.94. The van der Waals surface area contributed by atoms with Crippen LogP contribution in [-0.2, 0) is 15.6 Å². The molecule has 2 aromatic heterocycles. The molecule has 0 N–H and O–H groups in total. The first-order valence-corrected chi connectivity index (χ1v) is 8.35. The third-order valence-corrected chi connectivity index (χ3v) is 4.70. The van der Waals surface area contributed by atoms with Crippen LogP contribution >= 0.6 is 0 Å². The molecule has 5 nitrogen and oxygen atoms in total. The number of benzene rings is 1. The van der Waals surface area contributed by atoms with Gasteiger partial charge in [-0.2, -0.15) is 0 Å². The molecule has 0 spiro atoms. The lowest BCUT2D eigenvalue weighted by molar-refractivity contribution is 0.571. The first kappa shape index (κ1) is 14.5. The summed E-state index contributed by atoms with van der Waals surface area (Å²) in [4.78, 5) is 8.12. The van der Waals surface area contributed by atoms with Crippen molar-refractivity contribution < 1.29 is 12.8 Å². The highest BCUT2D eigenvalue weighted by atomic mass is 32.2. The Balaban J connectivity index is 1.84. The van der Waals surface area contributed by atoms with Crippen molar-refractivity contribution in [2.45, 2.75) is 17.7 Å². The van der Waals surface area contributed by atoms with Crippen LogP contribution in [-0.4, -0.2) is 18.4 Å². The fourth-order valence-corrected chi connectivity index (χ4v) is 3.18. The topological polar surface area (TPSA) is 73.1 Å². The van der Waals surface area contributed by atoms with Crippen molar-refractivity contribution >= 4 is 9.84 Å². The number of aryl methyl sites for hydroxylation is 1. The summed E-state index contributed by atoms with van der Waals surface area (Å²) in [5.41, 5.74) is 2.31. The number of sulfone groups is 1. The second-order valence-corrected chi connectivity index (χ2v) is 6.87. The van der Waals surface area contributed by atoms with Crippen molar-refractivity contribution in [1.82, 2.24) is 9.97 Å². The van der Waals surface area contributed by atoms with Gasteiger partial charge in [0.05, 0.1) is 5.69 Å². The van der Waals surface area contributed by atoms with Crippen molar-refractivity contribution in [3.05, 3.63) is 66.2 Å². The van der Waals surface area contributed by atoms with Crippen LogP contribution in [0.5, 0.6) is 0 Å². The van der Waals surface area contributed by atoms with E-state index >= 15 is 0 Å². The van der Waals surface area contributed by atoms with Crippen molar-refractivity contribution in [1.29, 1.82) is 0 Å². The van der Waals surface area contributed by atoms with Gasteiger partial charge in [-0.05, 0) is 31.2 Å². The molecule has 0 aliphatic carbocycles. The van der Waals surface area contributed by atoms with Gasteiger partial charge in [0, 0.05) is 11.8 Å². The Bertz CT molecular complexity index is 869. The Labute approximate surface area is 128 Å². The minimum atomic E-state index is -3.52. The van der Waals surface area contributed by atoms with Crippen LogP contribution in [0.2, 0.25) is 0 Å². The Kier molecular flexibility index (Phi) is 3.77. The molecule has 0 atom stereocenters. The number of oxazole rings is 1. The van der Waals surface area contributed by atoms with Gasteiger partial charge in [-0.3, -0.25) is 0 Å². The summed E-state index contributed by atoms with van der Waals surface area (Å²) in [5, 5.41) is 0.0369. The van der Waals surface area contributed by atoms with Gasteiger partial charge in [0.25, 0.3) is 0 Å². The second kappa shape index (κ2) is 5.73. The maximum absolute atomic E-state index is 12.2. The van der Waals surface area contributed by atoms with Crippen LogP contribution in [0, 0.1) is 6.92 Å². The standard InChI is InChI=1S/C16H14N2O3S/c1-12-5-7-13(8-6-12)16-18-14(10-21-16)11-22(19,20)15-4-2-3-9-17-15/h2-10H,11H2,1H3. The lowest BCUT2D eigenvalue weighted by atomic mass is 10.1. The highest BCUT2D eigenvalue weighted by Gasteiger charge is 2.19. The highest BCUT2D eigenvalue weighted by molar-refractivity contribution is 7.90. The first-order valence-electron chi connectivity index (χ1n) is 6.70. The lowest BCUT2D eigenvalue weighted by Crippen LogP contribution is -2.06. The van der Waals surface area contributed by atoms with Crippen molar-refractivity contribution in [2.24, 2.45) is 0 Å². The smallest absolute Gasteiger partial charge is 0.226 e. The monoisotopic (exact) mass is 314 g/mol. The quantitative estimate of drug-likeness (QED) is 0.740. The van der Waals surface area contributed by atoms with Crippen LogP contribution in [0.4, 0.5) is 0 Å². The first-order chi connectivity index (χ1) is 10.5. The molecule has 2 heterocycles. The molecule has 0 amide bonds. The molecular formula is C16H14N2O3S. The van der Waals surface area contributed by atoms with Gasteiger partial charge in [0.15, 0.2) is 5.03 Å². The summed E-state index contributed by atoms with van der Waals surface area (Å²) in [6.07, 6.45) is 2.82. The molecule has 1 aromatic carbocycles. The molecule has 6 heteroatoms. The van der Waals surface area contributed by atoms with Gasteiger partial charge < -0.3 is 4.42 Å². The van der Waals surface area contributed by atoms with Crippen LogP contribution in [0.15, 0.2) is 64.4 Å². The molecule has 0 saturated heterocycles. The minimum Gasteiger partial charge on any atom is -0.444 e. The molecule has 0 aliphatic heterocycles. The Morgan fingerprint density at radius 1 is 1.09 bits per heavy atom. The Hall–Kier alpha value is -2.47. The molecule has 3 rings (SSSR count). The zero-order valence-corrected chi connectivity index (χ0v) is 12.7. The van der Waals surface area contributed by atoms with Crippen LogP contribution in [0.25, 0.3) is 11.5 Å². The molecule has 0 radical (unpaired) electrons. The number of rotatable bonds is 4. The molecule has 0 aliphatic rings. The third kappa shape index (κ3) is 3.07. The van der Waals surface area contributed by atoms with Gasteiger partial charge in [-0.15, -0.1) is 0 Å². The van der Waals surface area contributed by atoms with Crippen LogP contribution in [0.3, 0.4) is 0 Å². The van der Waals surface area contributed by atoms with Gasteiger partial charge in [-0.1, -0.05) is 23.8 Å². The van der Waals surface area contributed by atoms with E-state index in [-0.39, 0.29) is 10.8 Å². The van der Waals surface area contributed by atoms with Crippen LogP contribution in [0.1, 0.15) is 11.3 Å². The van der Waals surface area contributed by atoms with Crippen molar-refractivity contribution in [3.8, 4) is 11.5 Å². The maximum Gasteiger partial charge on any atom is 0.226 e. The summed E-state index contributed by atoms with van der Waals surface area (Å²) >= 11 is 0. The highest BCUT2D eigenvalue weighted by Crippen LogP contribution is 2.21. The van der Waals surface area contributed by atoms with E-state index in [1.165, 1.54) is 18.5 Å². The predicted molar refractivity (Wildman–Crippen MR) is 81.8 cm³/mol. The van der Waals surface area contributed by atoms with E-state index < -0.39 is 9.84 Å². The summed E-state index contributed by atoms with van der Waals surface area (Å²) in [6, 6.07) is 12.4. The van der Waals surface area contributed by atoms with E-state index in [9.17, 15) is 8.42 Å². The zero-order valence-electron chi connectivity index (χ0n) is 11.9. The third-order valence-electron chi connectivity index (χ3n) is 3.14. The molecule has 22 heavy (non-hydrogen) atoms. The Morgan fingerprint density at radius 3 is 2.55 bits per heavy atom. The molecule has 0 fully saturated rings. The fraction of sp³-hybridized carbons (Fsp3) is 0.125. The summed E-state index contributed by atoms with van der Waals surface area (Å²) < 4.78 is 29.9. The number of hydrogen-bond donors (Lipinski definition) is 0. The largest absolute Gasteiger partial charge is 0.444 e. The summed E-state index contributed by atoms with van der Waals surface area (Å²) in [7, 11) is -3.52. The predicted octanol–water partition coefficient (Wildman–Crippen LogP) is 3.02. The SMILES string of the molecule is Cc1ccc(-c2nc(CS(=O)(=O)c3ccccn3)co2)cc1. The van der Waals surface area contributed by atoms with Crippen LogP contribution < -0.4 is 0 Å². The van der Waals surface area contributed by atoms with E-state index in [0.717, 1.165) is 11.1 Å². The fourth-order valence-electron chi connectivity index (χ4n) is 2.00. The minimum absolute atomic E-state index is 0.0369. The van der Waals surface area contributed by atoms with Crippen molar-refractivity contribution in [3.63, 3.8) is 0 Å². The Morgan fingerprint density at radius 2 is 1.86 bits per heavy atom. The summed E-state index contributed by atoms with van der Waals surface area (Å²) in [6.45, 7) is 1.99. The molecular weight excluding hydrogens is 300 g/mol. The van der Waals surface area contributed by atoms with E-state index in [2.05, 4.69) is 9.97 Å². The van der Waals surface area contributed by atoms with E-state index in [4.69, 9.17) is 4.42 Å². The molecule has 0 saturated carbocycles. The molecule has 112 valence electrons. The summed E-state index contributed by atoms with van der Waals surface area (Å²) in [5.74, 6) is 0.172. The van der Waals surface area contributed by atoms with Gasteiger partial charge in [-0.25, -0.2) is 18.4 Å². The van der Waals surface area contributed by atoms with E-state index in [1.54, 1.807) is 12.1 Å². The lowest BCUT2D eigenvalue weighted by Gasteiger charge is -2.00. The number of aromatic nitrogens is 2. The van der Waals surface area contributed by atoms with E-state index in [1.807, 2.05) is 31.2 Å². The van der Waals surface area contributed by atoms with Crippen molar-refractivity contribution in [2.75, 3.05) is 0 Å². The number of nitrogens with zero attached hydrogens (tertiary/aromatic N) is 2. The molecule has 0 unspecified atom stereocenters. The van der Waals surface area contributed by atoms with Gasteiger partial charge in [0.2, 0.25) is 15.7 Å². The number of pyridine rings is 1. The molecule has 3 aromatic rings. The number of hydrogen-bond acceptors (Lipinski definition) is 5. The average molecular weight is 314 g/mol. The van der Waals surface area contributed by atoms with Gasteiger partial charge in [0.1, 0.15) is 12.0 Å². The molecule has 0 bridgehead atoms. The zero-order chi connectivity index (χ0) is 15.6. The van der Waals surface area contributed by atoms with Gasteiger partial charge >= 0.3 is 0 Å². The maximum atomic E-state index is 12.2.